The first-order chi connectivity index (χ1) is 11.1. The van der Waals surface area contributed by atoms with Crippen molar-refractivity contribution in [1.29, 1.82) is 0 Å². The predicted octanol–water partition coefficient (Wildman–Crippen LogP) is 2.71. The predicted molar refractivity (Wildman–Crippen MR) is 87.4 cm³/mol. The standard InChI is InChI=1S/C18H23FN4/c1-14-17(21-13-20-14)11-22-8-6-18(12-22)7-9-23(18)10-15-2-4-16(19)5-3-15/h2-5,13H,6-12H2,1H3,(H,20,21)/t18-/m0/s1. The van der Waals surface area contributed by atoms with E-state index in [-0.39, 0.29) is 5.82 Å². The Labute approximate surface area is 136 Å². The Morgan fingerprint density at radius 2 is 1.96 bits per heavy atom. The Bertz CT molecular complexity index is 681. The highest BCUT2D eigenvalue weighted by Gasteiger charge is 2.48. The van der Waals surface area contributed by atoms with Crippen LogP contribution in [0.5, 0.6) is 0 Å². The number of benzene rings is 1. The number of aromatic amines is 1. The molecule has 122 valence electrons. The number of likely N-dealkylation sites (tertiary alicyclic amines) is 2. The van der Waals surface area contributed by atoms with Crippen LogP contribution in [0.15, 0.2) is 30.6 Å². The maximum atomic E-state index is 13.0. The van der Waals surface area contributed by atoms with Crippen LogP contribution in [-0.4, -0.2) is 44.9 Å². The van der Waals surface area contributed by atoms with Gasteiger partial charge in [-0.2, -0.15) is 0 Å². The number of aromatic nitrogens is 2. The van der Waals surface area contributed by atoms with Crippen molar-refractivity contribution in [3.05, 3.63) is 53.4 Å². The van der Waals surface area contributed by atoms with Gasteiger partial charge in [0.25, 0.3) is 0 Å². The van der Waals surface area contributed by atoms with Crippen molar-refractivity contribution < 1.29 is 4.39 Å². The van der Waals surface area contributed by atoms with E-state index in [0.717, 1.165) is 38.4 Å². The van der Waals surface area contributed by atoms with Crippen LogP contribution < -0.4 is 0 Å². The fourth-order valence-corrected chi connectivity index (χ4v) is 3.94. The molecule has 2 saturated heterocycles. The first-order valence-electron chi connectivity index (χ1n) is 8.35. The van der Waals surface area contributed by atoms with Crippen molar-refractivity contribution in [2.75, 3.05) is 19.6 Å². The SMILES string of the molecule is Cc1[nH]cnc1CN1CC[C@]2(CCN2Cc2ccc(F)cc2)C1. The molecule has 0 amide bonds. The number of hydrogen-bond donors (Lipinski definition) is 1. The van der Waals surface area contributed by atoms with Gasteiger partial charge in [0.05, 0.1) is 12.0 Å². The first kappa shape index (κ1) is 14.8. The van der Waals surface area contributed by atoms with Gasteiger partial charge < -0.3 is 4.98 Å². The molecule has 0 radical (unpaired) electrons. The highest BCUT2D eigenvalue weighted by molar-refractivity contribution is 5.18. The molecule has 4 rings (SSSR count). The highest BCUT2D eigenvalue weighted by Crippen LogP contribution is 2.40. The molecule has 23 heavy (non-hydrogen) atoms. The summed E-state index contributed by atoms with van der Waals surface area (Å²) < 4.78 is 13.0. The van der Waals surface area contributed by atoms with Gasteiger partial charge in [-0.25, -0.2) is 9.37 Å². The lowest BCUT2D eigenvalue weighted by atomic mass is 9.83. The van der Waals surface area contributed by atoms with E-state index in [0.29, 0.717) is 5.54 Å². The zero-order chi connectivity index (χ0) is 15.9. The number of nitrogens with one attached hydrogen (secondary N) is 1. The Morgan fingerprint density at radius 1 is 1.17 bits per heavy atom. The number of nitrogens with zero attached hydrogens (tertiary/aromatic N) is 3. The van der Waals surface area contributed by atoms with Gasteiger partial charge in [-0.05, 0) is 37.5 Å². The average molecular weight is 314 g/mol. The normalized spacial score (nSPS) is 25.1. The summed E-state index contributed by atoms with van der Waals surface area (Å²) in [6.45, 7) is 7.33. The van der Waals surface area contributed by atoms with Crippen LogP contribution in [0.25, 0.3) is 0 Å². The summed E-state index contributed by atoms with van der Waals surface area (Å²) >= 11 is 0. The second kappa shape index (κ2) is 5.73. The Morgan fingerprint density at radius 3 is 2.61 bits per heavy atom. The summed E-state index contributed by atoms with van der Waals surface area (Å²) in [6.07, 6.45) is 4.27. The molecule has 0 aliphatic carbocycles. The van der Waals surface area contributed by atoms with Crippen LogP contribution in [0.1, 0.15) is 29.8 Å². The molecule has 2 fully saturated rings. The third kappa shape index (κ3) is 2.79. The first-order valence-corrected chi connectivity index (χ1v) is 8.35. The maximum Gasteiger partial charge on any atom is 0.123 e. The van der Waals surface area contributed by atoms with E-state index in [1.807, 2.05) is 12.1 Å². The van der Waals surface area contributed by atoms with Gasteiger partial charge in [0.2, 0.25) is 0 Å². The minimum Gasteiger partial charge on any atom is -0.348 e. The Balaban J connectivity index is 1.39. The molecule has 1 N–H and O–H groups in total. The number of rotatable bonds is 4. The summed E-state index contributed by atoms with van der Waals surface area (Å²) in [7, 11) is 0. The van der Waals surface area contributed by atoms with Crippen molar-refractivity contribution in [2.24, 2.45) is 0 Å². The molecule has 5 heteroatoms. The summed E-state index contributed by atoms with van der Waals surface area (Å²) in [5.74, 6) is -0.159. The smallest absolute Gasteiger partial charge is 0.123 e. The van der Waals surface area contributed by atoms with E-state index in [9.17, 15) is 4.39 Å². The van der Waals surface area contributed by atoms with Crippen LogP contribution in [0.3, 0.4) is 0 Å². The van der Waals surface area contributed by atoms with Gasteiger partial charge in [-0.15, -0.1) is 0 Å². The average Bonchev–Trinajstić information content (AvgIpc) is 3.15. The molecule has 1 spiro atoms. The van der Waals surface area contributed by atoms with E-state index < -0.39 is 0 Å². The Hall–Kier alpha value is -1.72. The third-order valence-electron chi connectivity index (χ3n) is 5.52. The lowest BCUT2D eigenvalue weighted by Gasteiger charge is -2.51. The summed E-state index contributed by atoms with van der Waals surface area (Å²) in [5, 5.41) is 0. The van der Waals surface area contributed by atoms with Crippen molar-refractivity contribution in [3.8, 4) is 0 Å². The number of aryl methyl sites for hydroxylation is 1. The number of hydrogen-bond acceptors (Lipinski definition) is 3. The van der Waals surface area contributed by atoms with Gasteiger partial charge in [-0.3, -0.25) is 9.80 Å². The fraction of sp³-hybridized carbons (Fsp3) is 0.500. The molecule has 4 nitrogen and oxygen atoms in total. The van der Waals surface area contributed by atoms with E-state index >= 15 is 0 Å². The van der Waals surface area contributed by atoms with Crippen LogP contribution in [-0.2, 0) is 13.1 Å². The highest BCUT2D eigenvalue weighted by atomic mass is 19.1. The summed E-state index contributed by atoms with van der Waals surface area (Å²) in [5.41, 5.74) is 3.85. The fourth-order valence-electron chi connectivity index (χ4n) is 3.94. The Kier molecular flexibility index (Phi) is 3.70. The quantitative estimate of drug-likeness (QED) is 0.942. The molecule has 0 bridgehead atoms. The lowest BCUT2D eigenvalue weighted by molar-refractivity contribution is -0.0146. The van der Waals surface area contributed by atoms with E-state index in [1.165, 1.54) is 24.1 Å². The molecule has 1 atom stereocenters. The van der Waals surface area contributed by atoms with Crippen molar-refractivity contribution in [3.63, 3.8) is 0 Å². The van der Waals surface area contributed by atoms with Gasteiger partial charge in [0.1, 0.15) is 5.82 Å². The van der Waals surface area contributed by atoms with Gasteiger partial charge in [-0.1, -0.05) is 12.1 Å². The topological polar surface area (TPSA) is 35.2 Å². The van der Waals surface area contributed by atoms with Crippen molar-refractivity contribution in [1.82, 2.24) is 19.8 Å². The molecule has 3 heterocycles. The largest absolute Gasteiger partial charge is 0.348 e. The zero-order valence-electron chi connectivity index (χ0n) is 13.6. The third-order valence-corrected chi connectivity index (χ3v) is 5.52. The van der Waals surface area contributed by atoms with E-state index in [1.54, 1.807) is 18.5 Å². The van der Waals surface area contributed by atoms with E-state index in [4.69, 9.17) is 0 Å². The second-order valence-electron chi connectivity index (χ2n) is 6.96. The minimum absolute atomic E-state index is 0.159. The summed E-state index contributed by atoms with van der Waals surface area (Å²) in [6, 6.07) is 6.93. The monoisotopic (exact) mass is 314 g/mol. The van der Waals surface area contributed by atoms with Gasteiger partial charge in [0, 0.05) is 44.0 Å². The molecule has 1 aromatic heterocycles. The lowest BCUT2D eigenvalue weighted by Crippen LogP contribution is -2.60. The molecule has 0 unspecified atom stereocenters. The van der Waals surface area contributed by atoms with Crippen LogP contribution in [0, 0.1) is 12.7 Å². The van der Waals surface area contributed by atoms with Crippen molar-refractivity contribution in [2.45, 2.75) is 38.4 Å². The van der Waals surface area contributed by atoms with Gasteiger partial charge in [0.15, 0.2) is 0 Å². The molecular formula is C18H23FN4. The van der Waals surface area contributed by atoms with E-state index in [2.05, 4.69) is 26.7 Å². The molecule has 2 aliphatic heterocycles. The number of H-pyrrole nitrogens is 1. The number of imidazole rings is 1. The van der Waals surface area contributed by atoms with Crippen LogP contribution in [0.4, 0.5) is 4.39 Å². The minimum atomic E-state index is -0.159. The van der Waals surface area contributed by atoms with Crippen LogP contribution in [0.2, 0.25) is 0 Å². The van der Waals surface area contributed by atoms with Crippen molar-refractivity contribution >= 4 is 0 Å². The number of halogens is 1. The van der Waals surface area contributed by atoms with Gasteiger partial charge >= 0.3 is 0 Å². The maximum absolute atomic E-state index is 13.0. The molecule has 1 aromatic carbocycles. The molecule has 2 aliphatic rings. The molecule has 2 aromatic rings. The summed E-state index contributed by atoms with van der Waals surface area (Å²) in [4.78, 5) is 12.7. The second-order valence-corrected chi connectivity index (χ2v) is 6.96. The molecule has 0 saturated carbocycles. The molecular weight excluding hydrogens is 291 g/mol. The zero-order valence-corrected chi connectivity index (χ0v) is 13.6. The van der Waals surface area contributed by atoms with Crippen LogP contribution >= 0.6 is 0 Å².